The maximum absolute atomic E-state index is 11.9. The number of hydrogen-bond donors (Lipinski definition) is 1. The van der Waals surface area contributed by atoms with Crippen molar-refractivity contribution in [3.05, 3.63) is 48.3 Å². The van der Waals surface area contributed by atoms with Crippen LogP contribution in [0.1, 0.15) is 31.7 Å². The van der Waals surface area contributed by atoms with E-state index in [1.54, 1.807) is 19.2 Å². The second kappa shape index (κ2) is 12.2. The van der Waals surface area contributed by atoms with E-state index < -0.39 is 0 Å². The summed E-state index contributed by atoms with van der Waals surface area (Å²) < 4.78 is 16.8. The quantitative estimate of drug-likeness (QED) is 0.329. The van der Waals surface area contributed by atoms with Gasteiger partial charge in [-0.3, -0.25) is 4.79 Å². The number of benzene rings is 2. The first kappa shape index (κ1) is 25.2. The van der Waals surface area contributed by atoms with E-state index in [9.17, 15) is 4.79 Å². The van der Waals surface area contributed by atoms with Crippen molar-refractivity contribution in [2.45, 2.75) is 26.2 Å². The standard InChI is InChI=1S/C27H31N5O4/c1-3-35-27(33)20-9-12-32(13-10-20)11-4-14-36-25-16-23-22(15-24(25)34-2)26(30-18-29-23)31-21-7-5-19(17-28)6-8-21/h5-8,15-16,18,20H,3-4,9-14H2,1-2H3,(H,29,30,31). The SMILES string of the molecule is CCOC(=O)C1CCN(CCCOc2cc3ncnc(Nc4ccc(C#N)cc4)c3cc2OC)CC1. The molecule has 0 unspecified atom stereocenters. The van der Waals surface area contributed by atoms with E-state index in [2.05, 4.69) is 26.3 Å². The maximum atomic E-state index is 11.9. The maximum Gasteiger partial charge on any atom is 0.309 e. The van der Waals surface area contributed by atoms with E-state index in [-0.39, 0.29) is 11.9 Å². The minimum atomic E-state index is -0.0667. The molecule has 0 radical (unpaired) electrons. The third-order valence-electron chi connectivity index (χ3n) is 6.28. The molecule has 1 aliphatic heterocycles. The molecule has 2 heterocycles. The summed E-state index contributed by atoms with van der Waals surface area (Å²) in [6.07, 6.45) is 4.05. The van der Waals surface area contributed by atoms with Crippen LogP contribution >= 0.6 is 0 Å². The molecule has 0 bridgehead atoms. The van der Waals surface area contributed by atoms with Crippen molar-refractivity contribution < 1.29 is 19.0 Å². The molecule has 0 saturated carbocycles. The van der Waals surface area contributed by atoms with Crippen LogP contribution in [0.3, 0.4) is 0 Å². The van der Waals surface area contributed by atoms with Crippen LogP contribution < -0.4 is 14.8 Å². The van der Waals surface area contributed by atoms with Crippen LogP contribution in [0.25, 0.3) is 10.9 Å². The Kier molecular flexibility index (Phi) is 8.53. The highest BCUT2D eigenvalue weighted by molar-refractivity contribution is 5.93. The number of carbonyl (C=O) groups excluding carboxylic acids is 1. The lowest BCUT2D eigenvalue weighted by Crippen LogP contribution is -2.37. The number of likely N-dealkylation sites (tertiary alicyclic amines) is 1. The molecule has 4 rings (SSSR count). The summed E-state index contributed by atoms with van der Waals surface area (Å²) in [5.74, 6) is 1.84. The number of rotatable bonds is 10. The Morgan fingerprint density at radius 3 is 2.64 bits per heavy atom. The molecule has 1 saturated heterocycles. The first-order chi connectivity index (χ1) is 17.6. The van der Waals surface area contributed by atoms with Crippen molar-refractivity contribution in [2.75, 3.05) is 45.3 Å². The highest BCUT2D eigenvalue weighted by atomic mass is 16.5. The lowest BCUT2D eigenvalue weighted by Gasteiger charge is -2.30. The molecule has 1 aliphatic rings. The number of ether oxygens (including phenoxy) is 3. The fourth-order valence-corrected chi connectivity index (χ4v) is 4.32. The highest BCUT2D eigenvalue weighted by Gasteiger charge is 2.25. The number of piperidine rings is 1. The number of methoxy groups -OCH3 is 1. The molecule has 0 spiro atoms. The van der Waals surface area contributed by atoms with Crippen LogP contribution in [0.5, 0.6) is 11.5 Å². The molecule has 1 N–H and O–H groups in total. The molecule has 3 aromatic rings. The zero-order valence-electron chi connectivity index (χ0n) is 20.7. The van der Waals surface area contributed by atoms with Gasteiger partial charge in [-0.25, -0.2) is 9.97 Å². The number of carbonyl (C=O) groups is 1. The van der Waals surface area contributed by atoms with Crippen LogP contribution in [0.15, 0.2) is 42.7 Å². The van der Waals surface area contributed by atoms with Crippen molar-refractivity contribution >= 4 is 28.4 Å². The average molecular weight is 490 g/mol. The Morgan fingerprint density at radius 1 is 1.17 bits per heavy atom. The van der Waals surface area contributed by atoms with Gasteiger partial charge in [0.15, 0.2) is 11.5 Å². The Hall–Kier alpha value is -3.90. The first-order valence-electron chi connectivity index (χ1n) is 12.2. The summed E-state index contributed by atoms with van der Waals surface area (Å²) in [5.41, 5.74) is 2.15. The predicted octanol–water partition coefficient (Wildman–Crippen LogP) is 4.30. The number of nitrogens with zero attached hydrogens (tertiary/aromatic N) is 4. The summed E-state index contributed by atoms with van der Waals surface area (Å²) >= 11 is 0. The topological polar surface area (TPSA) is 110 Å². The van der Waals surface area contributed by atoms with Gasteiger partial charge in [0.2, 0.25) is 0 Å². The normalized spacial score (nSPS) is 14.2. The summed E-state index contributed by atoms with van der Waals surface area (Å²) in [6, 6.07) is 13.0. The summed E-state index contributed by atoms with van der Waals surface area (Å²) in [7, 11) is 1.61. The molecule has 2 aromatic carbocycles. The first-order valence-corrected chi connectivity index (χ1v) is 12.2. The van der Waals surface area contributed by atoms with E-state index >= 15 is 0 Å². The summed E-state index contributed by atoms with van der Waals surface area (Å²) in [6.45, 7) is 5.53. The average Bonchev–Trinajstić information content (AvgIpc) is 2.91. The van der Waals surface area contributed by atoms with Crippen LogP contribution in [-0.4, -0.2) is 60.8 Å². The monoisotopic (exact) mass is 489 g/mol. The predicted molar refractivity (Wildman–Crippen MR) is 136 cm³/mol. The third-order valence-corrected chi connectivity index (χ3v) is 6.28. The minimum absolute atomic E-state index is 0.0255. The second-order valence-electron chi connectivity index (χ2n) is 8.63. The number of anilines is 2. The highest BCUT2D eigenvalue weighted by Crippen LogP contribution is 2.35. The van der Waals surface area contributed by atoms with Gasteiger partial charge in [-0.15, -0.1) is 0 Å². The van der Waals surface area contributed by atoms with Gasteiger partial charge >= 0.3 is 5.97 Å². The molecule has 1 aromatic heterocycles. The van der Waals surface area contributed by atoms with E-state index in [4.69, 9.17) is 19.5 Å². The molecule has 9 heteroatoms. The number of hydrogen-bond acceptors (Lipinski definition) is 9. The van der Waals surface area contributed by atoms with Gasteiger partial charge in [-0.1, -0.05) is 0 Å². The number of fused-ring (bicyclic) bond motifs is 1. The van der Waals surface area contributed by atoms with Gasteiger partial charge < -0.3 is 24.4 Å². The van der Waals surface area contributed by atoms with Crippen molar-refractivity contribution in [3.63, 3.8) is 0 Å². The van der Waals surface area contributed by atoms with Crippen LogP contribution in [-0.2, 0) is 9.53 Å². The summed E-state index contributed by atoms with van der Waals surface area (Å²) in [5, 5.41) is 13.1. The van der Waals surface area contributed by atoms with Crippen LogP contribution in [0, 0.1) is 17.2 Å². The van der Waals surface area contributed by atoms with E-state index in [1.165, 1.54) is 6.33 Å². The second-order valence-corrected chi connectivity index (χ2v) is 8.63. The van der Waals surface area contributed by atoms with E-state index in [0.29, 0.717) is 36.1 Å². The van der Waals surface area contributed by atoms with Crippen molar-refractivity contribution in [3.8, 4) is 17.6 Å². The lowest BCUT2D eigenvalue weighted by atomic mass is 9.97. The van der Waals surface area contributed by atoms with Gasteiger partial charge in [0.05, 0.1) is 43.4 Å². The number of nitriles is 1. The fourth-order valence-electron chi connectivity index (χ4n) is 4.32. The van der Waals surface area contributed by atoms with Gasteiger partial charge in [0.1, 0.15) is 12.1 Å². The van der Waals surface area contributed by atoms with Gasteiger partial charge in [-0.2, -0.15) is 5.26 Å². The molecule has 9 nitrogen and oxygen atoms in total. The summed E-state index contributed by atoms with van der Waals surface area (Å²) in [4.78, 5) is 23.1. The molecular weight excluding hydrogens is 458 g/mol. The molecule has 188 valence electrons. The number of esters is 1. The zero-order chi connectivity index (χ0) is 25.3. The van der Waals surface area contributed by atoms with Crippen LogP contribution in [0.4, 0.5) is 11.5 Å². The molecule has 1 fully saturated rings. The zero-order valence-corrected chi connectivity index (χ0v) is 20.7. The van der Waals surface area contributed by atoms with Gasteiger partial charge in [-0.05, 0) is 69.6 Å². The molecular formula is C27H31N5O4. The number of aromatic nitrogens is 2. The number of nitrogens with one attached hydrogen (secondary N) is 1. The Morgan fingerprint density at radius 2 is 1.94 bits per heavy atom. The molecule has 0 atom stereocenters. The van der Waals surface area contributed by atoms with Gasteiger partial charge in [0.25, 0.3) is 0 Å². The Balaban J connectivity index is 1.35. The fraction of sp³-hybridized carbons (Fsp3) is 0.407. The third kappa shape index (κ3) is 6.20. The van der Waals surface area contributed by atoms with E-state index in [1.807, 2.05) is 31.2 Å². The Bertz CT molecular complexity index is 1220. The molecule has 0 amide bonds. The van der Waals surface area contributed by atoms with E-state index in [0.717, 1.165) is 55.5 Å². The Labute approximate surface area is 211 Å². The van der Waals surface area contributed by atoms with Gasteiger partial charge in [0, 0.05) is 23.7 Å². The van der Waals surface area contributed by atoms with Crippen molar-refractivity contribution in [1.82, 2.24) is 14.9 Å². The smallest absolute Gasteiger partial charge is 0.309 e. The molecule has 36 heavy (non-hydrogen) atoms. The van der Waals surface area contributed by atoms with Crippen molar-refractivity contribution in [1.29, 1.82) is 5.26 Å². The van der Waals surface area contributed by atoms with Crippen LogP contribution in [0.2, 0.25) is 0 Å². The van der Waals surface area contributed by atoms with Crippen molar-refractivity contribution in [2.24, 2.45) is 5.92 Å². The lowest BCUT2D eigenvalue weighted by molar-refractivity contribution is -0.149. The largest absolute Gasteiger partial charge is 0.493 e. The molecule has 0 aliphatic carbocycles. The minimum Gasteiger partial charge on any atom is -0.493 e.